The van der Waals surface area contributed by atoms with Gasteiger partial charge in [-0.1, -0.05) is 47.2 Å². The molecule has 0 aliphatic carbocycles. The number of benzene rings is 3. The first kappa shape index (κ1) is 36.1. The lowest BCUT2D eigenvalue weighted by atomic mass is 9.95. The van der Waals surface area contributed by atoms with Crippen LogP contribution in [0.4, 0.5) is 0 Å². The number of nitrogens with zero attached hydrogens (tertiary/aromatic N) is 2. The van der Waals surface area contributed by atoms with Crippen molar-refractivity contribution in [1.82, 2.24) is 4.57 Å². The third-order valence-corrected chi connectivity index (χ3v) is 9.66. The van der Waals surface area contributed by atoms with Crippen LogP contribution in [-0.2, 0) is 25.7 Å². The van der Waals surface area contributed by atoms with E-state index in [2.05, 4.69) is 41.6 Å². The average Bonchev–Trinajstić information content (AvgIpc) is 3.37. The Morgan fingerprint density at radius 3 is 2.31 bits per heavy atom. The van der Waals surface area contributed by atoms with Crippen molar-refractivity contribution in [2.24, 2.45) is 4.99 Å². The second-order valence-electron chi connectivity index (χ2n) is 10.9. The number of thiazole rings is 1. The second-order valence-corrected chi connectivity index (χ2v) is 13.6. The normalized spacial score (nSPS) is 14.2. The van der Waals surface area contributed by atoms with Gasteiger partial charge in [-0.2, -0.15) is 0 Å². The van der Waals surface area contributed by atoms with Gasteiger partial charge < -0.3 is 23.7 Å². The molecule has 1 aliphatic heterocycles. The van der Waals surface area contributed by atoms with E-state index in [0.29, 0.717) is 60.0 Å². The van der Waals surface area contributed by atoms with Gasteiger partial charge in [-0.15, -0.1) is 0 Å². The summed E-state index contributed by atoms with van der Waals surface area (Å²) in [5, 5.41) is 0. The van der Waals surface area contributed by atoms with E-state index in [-0.39, 0.29) is 24.3 Å². The second kappa shape index (κ2) is 16.0. The SMILES string of the molecule is CCOC(=O)C1=C(C)N=c2s/c(=C\c3cc(Br)c(OCc4ccc(C)cc4)c(Br)c3)c(=O)n2[C@@H]1c1ccc(OCC(=O)OC)c(OCC)c1. The lowest BCUT2D eigenvalue weighted by Crippen LogP contribution is -2.40. The van der Waals surface area contributed by atoms with Crippen molar-refractivity contribution in [1.29, 1.82) is 0 Å². The highest BCUT2D eigenvalue weighted by molar-refractivity contribution is 9.11. The summed E-state index contributed by atoms with van der Waals surface area (Å²) in [6.45, 7) is 7.81. The van der Waals surface area contributed by atoms with Gasteiger partial charge >= 0.3 is 11.9 Å². The average molecular weight is 815 g/mol. The van der Waals surface area contributed by atoms with Crippen molar-refractivity contribution in [2.45, 2.75) is 40.3 Å². The van der Waals surface area contributed by atoms with Crippen LogP contribution >= 0.6 is 43.2 Å². The minimum Gasteiger partial charge on any atom is -0.490 e. The molecule has 0 fully saturated rings. The Labute approximate surface area is 303 Å². The lowest BCUT2D eigenvalue weighted by Gasteiger charge is -2.25. The maximum Gasteiger partial charge on any atom is 0.343 e. The van der Waals surface area contributed by atoms with Gasteiger partial charge in [0.05, 0.1) is 51.1 Å². The Morgan fingerprint density at radius 2 is 1.65 bits per heavy atom. The highest BCUT2D eigenvalue weighted by Gasteiger charge is 2.34. The van der Waals surface area contributed by atoms with E-state index < -0.39 is 18.0 Å². The zero-order valence-electron chi connectivity index (χ0n) is 27.5. The molecule has 1 aliphatic rings. The Morgan fingerprint density at radius 1 is 0.939 bits per heavy atom. The number of hydrogen-bond donors (Lipinski definition) is 0. The van der Waals surface area contributed by atoms with E-state index >= 15 is 0 Å². The largest absolute Gasteiger partial charge is 0.490 e. The van der Waals surface area contributed by atoms with Crippen molar-refractivity contribution in [3.8, 4) is 17.2 Å². The van der Waals surface area contributed by atoms with Crippen molar-refractivity contribution < 1.29 is 33.3 Å². The molecule has 5 rings (SSSR count). The molecule has 10 nitrogen and oxygen atoms in total. The quantitative estimate of drug-likeness (QED) is 0.156. The molecule has 49 heavy (non-hydrogen) atoms. The predicted molar refractivity (Wildman–Crippen MR) is 193 cm³/mol. The number of carbonyl (C=O) groups is 2. The summed E-state index contributed by atoms with van der Waals surface area (Å²) in [7, 11) is 1.27. The molecule has 0 N–H and O–H groups in total. The molecular formula is C36H34Br2N2O8S. The number of allylic oxidation sites excluding steroid dienone is 1. The molecule has 0 saturated carbocycles. The summed E-state index contributed by atoms with van der Waals surface area (Å²) in [5.74, 6) is 0.150. The van der Waals surface area contributed by atoms with Crippen LogP contribution in [0.5, 0.6) is 17.2 Å². The van der Waals surface area contributed by atoms with Gasteiger partial charge in [-0.05, 0) is 107 Å². The molecule has 0 unspecified atom stereocenters. The molecule has 3 aromatic carbocycles. The molecular weight excluding hydrogens is 780 g/mol. The van der Waals surface area contributed by atoms with Crippen LogP contribution in [0.2, 0.25) is 0 Å². The van der Waals surface area contributed by atoms with Crippen LogP contribution < -0.4 is 29.1 Å². The fraction of sp³-hybridized carbons (Fsp3) is 0.278. The van der Waals surface area contributed by atoms with Gasteiger partial charge in [-0.25, -0.2) is 14.6 Å². The number of halogens is 2. The van der Waals surface area contributed by atoms with E-state index in [1.807, 2.05) is 50.2 Å². The summed E-state index contributed by atoms with van der Waals surface area (Å²) in [4.78, 5) is 44.4. The summed E-state index contributed by atoms with van der Waals surface area (Å²) in [6, 6.07) is 16.1. The monoisotopic (exact) mass is 812 g/mol. The molecule has 0 spiro atoms. The molecule has 0 saturated heterocycles. The Hall–Kier alpha value is -4.20. The molecule has 0 radical (unpaired) electrons. The Kier molecular flexibility index (Phi) is 11.8. The predicted octanol–water partition coefficient (Wildman–Crippen LogP) is 6.16. The third-order valence-electron chi connectivity index (χ3n) is 7.50. The number of aromatic nitrogens is 1. The minimum atomic E-state index is -0.873. The molecule has 0 amide bonds. The van der Waals surface area contributed by atoms with Crippen molar-refractivity contribution >= 4 is 61.2 Å². The van der Waals surface area contributed by atoms with E-state index in [1.165, 1.54) is 28.6 Å². The maximum absolute atomic E-state index is 14.2. The number of fused-ring (bicyclic) bond motifs is 1. The van der Waals surface area contributed by atoms with Gasteiger partial charge in [0.2, 0.25) is 0 Å². The smallest absolute Gasteiger partial charge is 0.343 e. The molecule has 4 aromatic rings. The highest BCUT2D eigenvalue weighted by atomic mass is 79.9. The fourth-order valence-electron chi connectivity index (χ4n) is 5.18. The van der Waals surface area contributed by atoms with Crippen LogP contribution in [0.3, 0.4) is 0 Å². The number of esters is 2. The van der Waals surface area contributed by atoms with Gasteiger partial charge in [0.1, 0.15) is 12.4 Å². The summed E-state index contributed by atoms with van der Waals surface area (Å²) < 4.78 is 31.0. The van der Waals surface area contributed by atoms with Crippen molar-refractivity contribution in [3.05, 3.63) is 117 Å². The summed E-state index contributed by atoms with van der Waals surface area (Å²) in [6.07, 6.45) is 1.78. The first-order valence-electron chi connectivity index (χ1n) is 15.4. The zero-order valence-corrected chi connectivity index (χ0v) is 31.5. The van der Waals surface area contributed by atoms with Crippen molar-refractivity contribution in [2.75, 3.05) is 26.9 Å². The maximum atomic E-state index is 14.2. The third kappa shape index (κ3) is 8.17. The van der Waals surface area contributed by atoms with Crippen molar-refractivity contribution in [3.63, 3.8) is 0 Å². The van der Waals surface area contributed by atoms with E-state index in [1.54, 1.807) is 38.1 Å². The number of carbonyl (C=O) groups excluding carboxylic acids is 2. The topological polar surface area (TPSA) is 115 Å². The zero-order chi connectivity index (χ0) is 35.2. The minimum absolute atomic E-state index is 0.145. The number of methoxy groups -OCH3 is 1. The summed E-state index contributed by atoms with van der Waals surface area (Å²) in [5.41, 5.74) is 3.86. The summed E-state index contributed by atoms with van der Waals surface area (Å²) >= 11 is 8.47. The number of rotatable bonds is 12. The van der Waals surface area contributed by atoms with Gasteiger partial charge in [0.25, 0.3) is 5.56 Å². The number of hydrogen-bond acceptors (Lipinski definition) is 10. The van der Waals surface area contributed by atoms with Gasteiger partial charge in [0, 0.05) is 0 Å². The molecule has 256 valence electrons. The Bertz CT molecular complexity index is 2080. The first-order valence-corrected chi connectivity index (χ1v) is 17.8. The highest BCUT2D eigenvalue weighted by Crippen LogP contribution is 2.37. The first-order chi connectivity index (χ1) is 23.5. The lowest BCUT2D eigenvalue weighted by molar-refractivity contribution is -0.143. The molecule has 0 bridgehead atoms. The van der Waals surface area contributed by atoms with Crippen LogP contribution in [0.15, 0.2) is 84.6 Å². The molecule has 1 aromatic heterocycles. The standard InChI is InChI=1S/C36H34Br2N2O8S/c1-6-45-28-17-24(12-13-27(28)47-19-30(41)44-5)32-31(35(43)46-7-2)21(4)39-36-40(32)34(42)29(49-36)16-23-14-25(37)33(26(38)15-23)48-18-22-10-8-20(3)9-11-22/h8-17,32H,6-7,18-19H2,1-5H3/b29-16-/t32-/m1/s1. The van der Waals surface area contributed by atoms with Crippen LogP contribution in [0.1, 0.15) is 49.1 Å². The van der Waals surface area contributed by atoms with E-state index in [0.717, 1.165) is 11.1 Å². The van der Waals surface area contributed by atoms with Gasteiger partial charge in [0.15, 0.2) is 22.9 Å². The molecule has 1 atom stereocenters. The van der Waals surface area contributed by atoms with Crippen LogP contribution in [-0.4, -0.2) is 43.4 Å². The molecule has 13 heteroatoms. The number of ether oxygens (including phenoxy) is 5. The van der Waals surface area contributed by atoms with E-state index in [9.17, 15) is 14.4 Å². The van der Waals surface area contributed by atoms with Crippen LogP contribution in [0.25, 0.3) is 6.08 Å². The molecule has 2 heterocycles. The fourth-order valence-corrected chi connectivity index (χ4v) is 7.67. The number of aryl methyl sites for hydroxylation is 1. The Balaban J connectivity index is 1.56. The van der Waals surface area contributed by atoms with E-state index in [4.69, 9.17) is 18.9 Å². The van der Waals surface area contributed by atoms with Gasteiger partial charge in [-0.3, -0.25) is 9.36 Å². The van der Waals surface area contributed by atoms with Crippen LogP contribution in [0, 0.1) is 6.92 Å².